The number of pyridine rings is 1. The van der Waals surface area contributed by atoms with Gasteiger partial charge in [0.25, 0.3) is 0 Å². The molecule has 1 heterocycles. The van der Waals surface area contributed by atoms with Gasteiger partial charge in [0, 0.05) is 6.20 Å². The Morgan fingerprint density at radius 3 is 2.00 bits per heavy atom. The molecule has 7 heteroatoms. The van der Waals surface area contributed by atoms with Gasteiger partial charge in [0.2, 0.25) is 0 Å². The lowest BCUT2D eigenvalue weighted by Gasteiger charge is -2.09. The predicted octanol–water partition coefficient (Wildman–Crippen LogP) is 2.92. The molecule has 14 heavy (non-hydrogen) atoms. The van der Waals surface area contributed by atoms with Gasteiger partial charge in [-0.2, -0.15) is 26.3 Å². The van der Waals surface area contributed by atoms with E-state index in [0.29, 0.717) is 0 Å². The van der Waals surface area contributed by atoms with Crippen molar-refractivity contribution in [3.05, 3.63) is 29.6 Å². The average molecular weight is 214 g/mol. The van der Waals surface area contributed by atoms with Crippen molar-refractivity contribution in [2.45, 2.75) is 12.4 Å². The summed E-state index contributed by atoms with van der Waals surface area (Å²) in [6.07, 6.45) is -7.97. The molecule has 0 spiro atoms. The van der Waals surface area contributed by atoms with Crippen LogP contribution in [0.15, 0.2) is 12.3 Å². The third-order valence-corrected chi connectivity index (χ3v) is 1.32. The second-order valence-electron chi connectivity index (χ2n) is 2.38. The molecule has 0 atom stereocenters. The van der Waals surface area contributed by atoms with Crippen molar-refractivity contribution in [1.82, 2.24) is 4.98 Å². The van der Waals surface area contributed by atoms with E-state index < -0.39 is 23.5 Å². The Balaban J connectivity index is 3.15. The first-order valence-electron chi connectivity index (χ1n) is 3.23. The fourth-order valence-electron chi connectivity index (χ4n) is 0.697. The van der Waals surface area contributed by atoms with Crippen molar-refractivity contribution < 1.29 is 26.3 Å². The van der Waals surface area contributed by atoms with Crippen molar-refractivity contribution >= 4 is 0 Å². The normalized spacial score (nSPS) is 13.0. The van der Waals surface area contributed by atoms with Gasteiger partial charge in [-0.25, -0.2) is 0 Å². The largest absolute Gasteiger partial charge is 0.418 e. The van der Waals surface area contributed by atoms with E-state index in [1.165, 1.54) is 6.20 Å². The summed E-state index contributed by atoms with van der Waals surface area (Å²) in [5, 5.41) is 0. The number of halogens is 6. The molecule has 0 N–H and O–H groups in total. The number of hydrogen-bond donors (Lipinski definition) is 0. The highest BCUT2D eigenvalue weighted by molar-refractivity contribution is 5.21. The number of alkyl halides is 6. The molecule has 0 saturated heterocycles. The van der Waals surface area contributed by atoms with Crippen LogP contribution in [0.4, 0.5) is 26.3 Å². The minimum atomic E-state index is -4.87. The van der Waals surface area contributed by atoms with Gasteiger partial charge < -0.3 is 0 Å². The van der Waals surface area contributed by atoms with Crippen LogP contribution < -0.4 is 0 Å². The molecule has 0 amide bonds. The number of nitrogens with zero attached hydrogens (tertiary/aromatic N) is 1. The molecule has 1 nitrogen and oxygen atoms in total. The van der Waals surface area contributed by atoms with Gasteiger partial charge in [0.15, 0.2) is 0 Å². The van der Waals surface area contributed by atoms with Crippen LogP contribution in [0, 0.1) is 6.20 Å². The molecule has 0 fully saturated rings. The van der Waals surface area contributed by atoms with E-state index in [-0.39, 0.29) is 12.3 Å². The van der Waals surface area contributed by atoms with Gasteiger partial charge in [-0.15, -0.1) is 0 Å². The monoisotopic (exact) mass is 214 g/mol. The third kappa shape index (κ3) is 2.36. The lowest BCUT2D eigenvalue weighted by atomic mass is 10.2. The molecular weight excluding hydrogens is 212 g/mol. The van der Waals surface area contributed by atoms with Crippen molar-refractivity contribution in [2.75, 3.05) is 0 Å². The lowest BCUT2D eigenvalue weighted by molar-refractivity contribution is -0.143. The molecule has 1 aromatic heterocycles. The molecule has 0 aliphatic carbocycles. The van der Waals surface area contributed by atoms with Gasteiger partial charge in [-0.3, -0.25) is 4.98 Å². The molecule has 77 valence electrons. The van der Waals surface area contributed by atoms with Crippen LogP contribution in [0.25, 0.3) is 0 Å². The van der Waals surface area contributed by atoms with E-state index in [9.17, 15) is 26.3 Å². The molecule has 1 aromatic rings. The zero-order valence-electron chi connectivity index (χ0n) is 6.37. The number of hydrogen-bond acceptors (Lipinski definition) is 1. The minimum absolute atomic E-state index is 0.0347. The Bertz CT molecular complexity index is 296. The van der Waals surface area contributed by atoms with E-state index in [1.807, 2.05) is 0 Å². The first-order chi connectivity index (χ1) is 6.21. The van der Waals surface area contributed by atoms with E-state index in [4.69, 9.17) is 0 Å². The first kappa shape index (κ1) is 10.8. The SMILES string of the molecule is FC(F)(F)c1[c]ncc(C(F)(F)F)c1. The average Bonchev–Trinajstić information content (AvgIpc) is 2.01. The van der Waals surface area contributed by atoms with Crippen LogP contribution in [0.1, 0.15) is 11.1 Å². The third-order valence-electron chi connectivity index (χ3n) is 1.32. The fourth-order valence-corrected chi connectivity index (χ4v) is 0.697. The molecule has 0 aliphatic heterocycles. The summed E-state index contributed by atoms with van der Waals surface area (Å²) >= 11 is 0. The Hall–Kier alpha value is -1.27. The molecule has 0 aliphatic rings. The zero-order valence-corrected chi connectivity index (χ0v) is 6.37. The fraction of sp³-hybridized carbons (Fsp3) is 0.286. The van der Waals surface area contributed by atoms with Crippen LogP contribution in [-0.4, -0.2) is 4.98 Å². The maximum absolute atomic E-state index is 11.9. The highest BCUT2D eigenvalue weighted by Crippen LogP contribution is 2.33. The summed E-state index contributed by atoms with van der Waals surface area (Å²) in [6.45, 7) is 0. The summed E-state index contributed by atoms with van der Waals surface area (Å²) in [5.41, 5.74) is -2.98. The molecule has 0 aromatic carbocycles. The summed E-state index contributed by atoms with van der Waals surface area (Å²) in [4.78, 5) is 2.75. The quantitative estimate of drug-likeness (QED) is 0.605. The molecular formula is C7H2F6N. The Morgan fingerprint density at radius 1 is 1.00 bits per heavy atom. The van der Waals surface area contributed by atoms with E-state index >= 15 is 0 Å². The van der Waals surface area contributed by atoms with Crippen LogP contribution in [0.3, 0.4) is 0 Å². The number of aromatic nitrogens is 1. The maximum Gasteiger partial charge on any atom is 0.418 e. The summed E-state index contributed by atoms with van der Waals surface area (Å²) in [6, 6.07) is -0.0347. The molecule has 0 saturated carbocycles. The summed E-state index contributed by atoms with van der Waals surface area (Å²) in [7, 11) is 0. The van der Waals surface area contributed by atoms with Crippen molar-refractivity contribution in [1.29, 1.82) is 0 Å². The minimum Gasteiger partial charge on any atom is -0.253 e. The van der Waals surface area contributed by atoms with Crippen molar-refractivity contribution in [2.24, 2.45) is 0 Å². The van der Waals surface area contributed by atoms with E-state index in [2.05, 4.69) is 4.98 Å². The van der Waals surface area contributed by atoms with Crippen molar-refractivity contribution in [3.63, 3.8) is 0 Å². The highest BCUT2D eigenvalue weighted by atomic mass is 19.4. The van der Waals surface area contributed by atoms with Gasteiger partial charge in [-0.1, -0.05) is 0 Å². The van der Waals surface area contributed by atoms with Crippen LogP contribution in [-0.2, 0) is 12.4 Å². The summed E-state index contributed by atoms with van der Waals surface area (Å²) in [5.74, 6) is 0. The zero-order chi connectivity index (χ0) is 11.0. The molecule has 1 radical (unpaired) electrons. The van der Waals surface area contributed by atoms with Gasteiger partial charge in [0.05, 0.1) is 11.1 Å². The van der Waals surface area contributed by atoms with E-state index in [1.54, 1.807) is 0 Å². The Kier molecular flexibility index (Phi) is 2.43. The Labute approximate surface area is 74.4 Å². The Morgan fingerprint density at radius 2 is 1.57 bits per heavy atom. The predicted molar refractivity (Wildman–Crippen MR) is 33.1 cm³/mol. The van der Waals surface area contributed by atoms with E-state index in [0.717, 1.165) is 0 Å². The summed E-state index contributed by atoms with van der Waals surface area (Å²) < 4.78 is 71.6. The van der Waals surface area contributed by atoms with Crippen LogP contribution in [0.5, 0.6) is 0 Å². The van der Waals surface area contributed by atoms with Gasteiger partial charge in [-0.05, 0) is 6.07 Å². The molecule has 0 bridgehead atoms. The van der Waals surface area contributed by atoms with Crippen LogP contribution >= 0.6 is 0 Å². The second-order valence-corrected chi connectivity index (χ2v) is 2.38. The first-order valence-corrected chi connectivity index (χ1v) is 3.23. The lowest BCUT2D eigenvalue weighted by Crippen LogP contribution is -2.11. The second kappa shape index (κ2) is 3.14. The molecule has 1 rings (SSSR count). The smallest absolute Gasteiger partial charge is 0.253 e. The van der Waals surface area contributed by atoms with Gasteiger partial charge in [0.1, 0.15) is 6.20 Å². The topological polar surface area (TPSA) is 12.9 Å². The standard InChI is InChI=1S/C7H2F6N/c8-6(9,10)4-1-5(3-14-2-4)7(11,12)13/h1-2H. The van der Waals surface area contributed by atoms with Crippen molar-refractivity contribution in [3.8, 4) is 0 Å². The molecule has 0 unspecified atom stereocenters. The van der Waals surface area contributed by atoms with Crippen LogP contribution in [0.2, 0.25) is 0 Å². The maximum atomic E-state index is 11.9. The number of rotatable bonds is 0. The highest BCUT2D eigenvalue weighted by Gasteiger charge is 2.36. The van der Waals surface area contributed by atoms with Gasteiger partial charge >= 0.3 is 12.4 Å².